The first-order valence-corrected chi connectivity index (χ1v) is 8.96. The highest BCUT2D eigenvalue weighted by atomic mass is 16.5. The number of imidazole rings is 1. The number of aryl methyl sites for hydroxylation is 3. The first-order valence-electron chi connectivity index (χ1n) is 8.96. The molecule has 0 saturated heterocycles. The lowest BCUT2D eigenvalue weighted by molar-refractivity contribution is 0.459. The fraction of sp³-hybridized carbons (Fsp3) is 0.190. The van der Waals surface area contributed by atoms with Gasteiger partial charge in [0, 0.05) is 6.54 Å². The lowest BCUT2D eigenvalue weighted by Gasteiger charge is -2.11. The molecule has 0 unspecified atom stereocenters. The van der Waals surface area contributed by atoms with E-state index in [0.29, 0.717) is 18.0 Å². The van der Waals surface area contributed by atoms with Crippen LogP contribution in [0.5, 0.6) is 11.5 Å². The van der Waals surface area contributed by atoms with Crippen LogP contribution in [0.2, 0.25) is 0 Å². The molecule has 4 aromatic rings. The Bertz CT molecular complexity index is 1280. The van der Waals surface area contributed by atoms with Crippen molar-refractivity contribution in [2.45, 2.75) is 27.3 Å². The summed E-state index contributed by atoms with van der Waals surface area (Å²) >= 11 is 0. The van der Waals surface area contributed by atoms with Crippen LogP contribution in [0.15, 0.2) is 47.4 Å². The standard InChI is InChI=1S/C21H18N4O2/c1-4-24-21(26)19-17(11-22-24)25-16-10-13(3)12(2)9-15(16)23-20(25)14-7-5-6-8-18(14)27-19/h5-11H,4H2,1-3H3. The summed E-state index contributed by atoms with van der Waals surface area (Å²) in [5.41, 5.74) is 5.38. The number of nitrogens with zero attached hydrogens (tertiary/aromatic N) is 4. The van der Waals surface area contributed by atoms with Crippen LogP contribution in [-0.4, -0.2) is 19.3 Å². The molecule has 0 spiro atoms. The fourth-order valence-corrected chi connectivity index (χ4v) is 3.55. The molecule has 134 valence electrons. The van der Waals surface area contributed by atoms with Gasteiger partial charge in [-0.3, -0.25) is 9.36 Å². The van der Waals surface area contributed by atoms with Gasteiger partial charge in [0.25, 0.3) is 0 Å². The van der Waals surface area contributed by atoms with E-state index in [1.165, 1.54) is 15.8 Å². The molecule has 0 amide bonds. The van der Waals surface area contributed by atoms with E-state index in [4.69, 9.17) is 9.72 Å². The molecule has 1 aliphatic heterocycles. The molecular weight excluding hydrogens is 340 g/mol. The highest BCUT2D eigenvalue weighted by Gasteiger charge is 2.27. The third-order valence-electron chi connectivity index (χ3n) is 5.13. The van der Waals surface area contributed by atoms with Crippen LogP contribution in [0.25, 0.3) is 28.1 Å². The van der Waals surface area contributed by atoms with Crippen molar-refractivity contribution in [1.29, 1.82) is 0 Å². The number of hydrogen-bond donors (Lipinski definition) is 0. The van der Waals surface area contributed by atoms with Crippen molar-refractivity contribution in [2.75, 3.05) is 0 Å². The predicted molar refractivity (Wildman–Crippen MR) is 104 cm³/mol. The maximum Gasteiger partial charge on any atom is 0.311 e. The molecule has 0 fully saturated rings. The van der Waals surface area contributed by atoms with Crippen molar-refractivity contribution in [1.82, 2.24) is 19.3 Å². The maximum absolute atomic E-state index is 12.9. The zero-order valence-corrected chi connectivity index (χ0v) is 15.4. The zero-order valence-electron chi connectivity index (χ0n) is 15.4. The topological polar surface area (TPSA) is 61.9 Å². The summed E-state index contributed by atoms with van der Waals surface area (Å²) in [5, 5.41) is 4.32. The minimum absolute atomic E-state index is 0.247. The van der Waals surface area contributed by atoms with Gasteiger partial charge in [0.15, 0.2) is 0 Å². The molecule has 0 N–H and O–H groups in total. The van der Waals surface area contributed by atoms with E-state index in [1.807, 2.05) is 35.8 Å². The van der Waals surface area contributed by atoms with Crippen LogP contribution in [0.4, 0.5) is 0 Å². The molecule has 2 aromatic carbocycles. The Morgan fingerprint density at radius 1 is 1.11 bits per heavy atom. The Hall–Kier alpha value is -3.41. The van der Waals surface area contributed by atoms with Crippen molar-refractivity contribution < 1.29 is 4.74 Å². The Kier molecular flexibility index (Phi) is 3.25. The summed E-state index contributed by atoms with van der Waals surface area (Å²) in [4.78, 5) is 17.8. The Labute approximate surface area is 155 Å². The van der Waals surface area contributed by atoms with Crippen LogP contribution >= 0.6 is 0 Å². The van der Waals surface area contributed by atoms with E-state index in [1.54, 1.807) is 6.20 Å². The molecule has 1 aliphatic rings. The monoisotopic (exact) mass is 358 g/mol. The smallest absolute Gasteiger partial charge is 0.311 e. The largest absolute Gasteiger partial charge is 0.448 e. The molecule has 0 atom stereocenters. The average Bonchev–Trinajstić information content (AvgIpc) is 2.94. The second-order valence-corrected chi connectivity index (χ2v) is 6.77. The number of aromatic nitrogens is 4. The molecule has 6 nitrogen and oxygen atoms in total. The Morgan fingerprint density at radius 3 is 2.70 bits per heavy atom. The molecule has 5 rings (SSSR count). The predicted octanol–water partition coefficient (Wildman–Crippen LogP) is 3.99. The minimum atomic E-state index is -0.247. The van der Waals surface area contributed by atoms with Crippen molar-refractivity contribution in [3.63, 3.8) is 0 Å². The van der Waals surface area contributed by atoms with Gasteiger partial charge in [0.1, 0.15) is 17.3 Å². The first-order chi connectivity index (χ1) is 13.1. The lowest BCUT2D eigenvalue weighted by atomic mass is 10.1. The van der Waals surface area contributed by atoms with Crippen molar-refractivity contribution in [3.05, 3.63) is 64.1 Å². The summed E-state index contributed by atoms with van der Waals surface area (Å²) in [6, 6.07) is 11.8. The van der Waals surface area contributed by atoms with Crippen LogP contribution in [-0.2, 0) is 6.54 Å². The second-order valence-electron chi connectivity index (χ2n) is 6.77. The third kappa shape index (κ3) is 2.16. The number of hydrogen-bond acceptors (Lipinski definition) is 4. The molecule has 27 heavy (non-hydrogen) atoms. The summed E-state index contributed by atoms with van der Waals surface area (Å²) < 4.78 is 9.47. The van der Waals surface area contributed by atoms with Gasteiger partial charge >= 0.3 is 5.56 Å². The van der Waals surface area contributed by atoms with Gasteiger partial charge < -0.3 is 4.74 Å². The molecule has 0 radical (unpaired) electrons. The van der Waals surface area contributed by atoms with E-state index in [-0.39, 0.29) is 11.3 Å². The molecule has 0 bridgehead atoms. The van der Waals surface area contributed by atoms with Crippen molar-refractivity contribution in [3.8, 4) is 28.6 Å². The average molecular weight is 358 g/mol. The summed E-state index contributed by atoms with van der Waals surface area (Å²) in [5.74, 6) is 1.64. The Morgan fingerprint density at radius 2 is 1.89 bits per heavy atom. The fourth-order valence-electron chi connectivity index (χ4n) is 3.55. The van der Waals surface area contributed by atoms with Gasteiger partial charge in [-0.25, -0.2) is 9.67 Å². The second kappa shape index (κ2) is 5.54. The Balaban J connectivity index is 1.98. The van der Waals surface area contributed by atoms with Crippen LogP contribution < -0.4 is 10.3 Å². The summed E-state index contributed by atoms with van der Waals surface area (Å²) in [6.45, 7) is 6.51. The lowest BCUT2D eigenvalue weighted by Crippen LogP contribution is -2.24. The number of rotatable bonds is 1. The molecule has 3 heterocycles. The van der Waals surface area contributed by atoms with Crippen molar-refractivity contribution >= 4 is 11.0 Å². The van der Waals surface area contributed by atoms with Crippen LogP contribution in [0.1, 0.15) is 18.1 Å². The number of benzene rings is 2. The van der Waals surface area contributed by atoms with Gasteiger partial charge in [0.05, 0.1) is 22.8 Å². The van der Waals surface area contributed by atoms with E-state index < -0.39 is 0 Å². The molecular formula is C21H18N4O2. The molecule has 0 saturated carbocycles. The van der Waals surface area contributed by atoms with Gasteiger partial charge in [-0.15, -0.1) is 0 Å². The highest BCUT2D eigenvalue weighted by Crippen LogP contribution is 2.41. The number of fused-ring (bicyclic) bond motifs is 7. The van der Waals surface area contributed by atoms with Gasteiger partial charge in [0.2, 0.25) is 5.75 Å². The van der Waals surface area contributed by atoms with E-state index in [0.717, 1.165) is 22.4 Å². The van der Waals surface area contributed by atoms with Gasteiger partial charge in [-0.1, -0.05) is 12.1 Å². The molecule has 6 heteroatoms. The summed E-state index contributed by atoms with van der Waals surface area (Å²) in [7, 11) is 0. The minimum Gasteiger partial charge on any atom is -0.448 e. The van der Waals surface area contributed by atoms with Gasteiger partial charge in [-0.2, -0.15) is 5.10 Å². The summed E-state index contributed by atoms with van der Waals surface area (Å²) in [6.07, 6.45) is 1.69. The van der Waals surface area contributed by atoms with E-state index >= 15 is 0 Å². The first kappa shape index (κ1) is 15.8. The molecule has 2 aromatic heterocycles. The van der Waals surface area contributed by atoms with Crippen molar-refractivity contribution in [2.24, 2.45) is 0 Å². The van der Waals surface area contributed by atoms with Crippen LogP contribution in [0, 0.1) is 13.8 Å². The zero-order chi connectivity index (χ0) is 18.7. The van der Waals surface area contributed by atoms with Crippen LogP contribution in [0.3, 0.4) is 0 Å². The maximum atomic E-state index is 12.9. The quantitative estimate of drug-likeness (QED) is 0.454. The van der Waals surface area contributed by atoms with Gasteiger partial charge in [-0.05, 0) is 56.2 Å². The molecule has 0 aliphatic carbocycles. The SMILES string of the molecule is CCn1ncc2c(c1=O)Oc1ccccc1-c1nc3cc(C)c(C)cc3n1-2. The number of ether oxygens (including phenoxy) is 1. The normalized spacial score (nSPS) is 12.1. The van der Waals surface area contributed by atoms with E-state index in [9.17, 15) is 4.79 Å². The highest BCUT2D eigenvalue weighted by molar-refractivity contribution is 5.87. The third-order valence-corrected chi connectivity index (χ3v) is 5.13. The van der Waals surface area contributed by atoms with E-state index in [2.05, 4.69) is 31.1 Å². The number of para-hydroxylation sites is 1.